The number of unbranched alkanes of at least 4 members (excludes halogenated alkanes) is 4. The number of nitrogens with zero attached hydrogens (tertiary/aromatic N) is 2. The quantitative estimate of drug-likeness (QED) is 0.286. The zero-order valence-corrected chi connectivity index (χ0v) is 23.3. The van der Waals surface area contributed by atoms with Crippen molar-refractivity contribution in [3.05, 3.63) is 55.7 Å². The first-order chi connectivity index (χ1) is 17.5. The first-order valence-corrected chi connectivity index (χ1v) is 14.8. The van der Waals surface area contributed by atoms with Gasteiger partial charge in [-0.25, -0.2) is 0 Å². The van der Waals surface area contributed by atoms with Crippen molar-refractivity contribution in [2.45, 2.75) is 76.9 Å². The van der Waals surface area contributed by atoms with Crippen LogP contribution in [0.3, 0.4) is 0 Å². The second-order valence-corrected chi connectivity index (χ2v) is 11.6. The molecule has 0 spiro atoms. The molecular weight excluding hydrogens is 515 g/mol. The van der Waals surface area contributed by atoms with E-state index in [9.17, 15) is 9.59 Å². The van der Waals surface area contributed by atoms with E-state index in [0.29, 0.717) is 29.6 Å². The Morgan fingerprint density at radius 1 is 1.14 bits per heavy atom. The molecule has 0 N–H and O–H groups in total. The number of carbonyl (C=O) groups is 2. The first-order valence-electron chi connectivity index (χ1n) is 13.2. The fourth-order valence-electron chi connectivity index (χ4n) is 5.22. The zero-order chi connectivity index (χ0) is 25.5. The van der Waals surface area contributed by atoms with Crippen molar-refractivity contribution >= 4 is 46.4 Å². The lowest BCUT2D eigenvalue weighted by Gasteiger charge is -2.38. The molecule has 1 saturated heterocycles. The molecule has 1 fully saturated rings. The predicted octanol–water partition coefficient (Wildman–Crippen LogP) is 6.90. The highest BCUT2D eigenvalue weighted by Gasteiger charge is 2.35. The first kappa shape index (κ1) is 27.4. The van der Waals surface area contributed by atoms with Crippen LogP contribution < -0.4 is 0 Å². The van der Waals surface area contributed by atoms with E-state index in [1.807, 2.05) is 17.0 Å². The number of amides is 2. The number of hydrogen-bond acceptors (Lipinski definition) is 4. The lowest BCUT2D eigenvalue weighted by atomic mass is 9.93. The van der Waals surface area contributed by atoms with Crippen molar-refractivity contribution in [1.82, 2.24) is 9.80 Å². The Hall–Kier alpha value is -1.60. The molecule has 0 aliphatic carbocycles. The van der Waals surface area contributed by atoms with Gasteiger partial charge in [0, 0.05) is 41.0 Å². The van der Waals surface area contributed by atoms with E-state index in [0.717, 1.165) is 56.3 Å². The molecule has 2 unspecified atom stereocenters. The minimum Gasteiger partial charge on any atom is -0.376 e. The van der Waals surface area contributed by atoms with Gasteiger partial charge in [0.05, 0.1) is 18.7 Å². The predicted molar refractivity (Wildman–Crippen MR) is 147 cm³/mol. The van der Waals surface area contributed by atoms with Gasteiger partial charge < -0.3 is 14.5 Å². The van der Waals surface area contributed by atoms with Crippen LogP contribution in [0.15, 0.2) is 29.6 Å². The summed E-state index contributed by atoms with van der Waals surface area (Å²) in [6.07, 6.45) is 8.64. The van der Waals surface area contributed by atoms with E-state index >= 15 is 0 Å². The Morgan fingerprint density at radius 3 is 2.72 bits per heavy atom. The molecule has 1 aromatic carbocycles. The van der Waals surface area contributed by atoms with Gasteiger partial charge in [0.2, 0.25) is 11.8 Å². The van der Waals surface area contributed by atoms with Crippen LogP contribution in [0.4, 0.5) is 0 Å². The summed E-state index contributed by atoms with van der Waals surface area (Å²) in [7, 11) is 0. The maximum absolute atomic E-state index is 13.8. The van der Waals surface area contributed by atoms with Gasteiger partial charge in [0.15, 0.2) is 0 Å². The van der Waals surface area contributed by atoms with Crippen LogP contribution >= 0.6 is 34.5 Å². The molecule has 2 aliphatic rings. The van der Waals surface area contributed by atoms with E-state index in [1.165, 1.54) is 17.7 Å². The van der Waals surface area contributed by atoms with E-state index < -0.39 is 0 Å². The SMILES string of the molecule is CCCCCCCC(=O)N(CC(=O)N1CCc2sccc2C1c1ccc(Cl)cc1Cl)CC1CCCO1. The van der Waals surface area contributed by atoms with Gasteiger partial charge in [0.1, 0.15) is 0 Å². The molecule has 2 atom stereocenters. The third-order valence-electron chi connectivity index (χ3n) is 7.16. The van der Waals surface area contributed by atoms with Gasteiger partial charge in [-0.15, -0.1) is 11.3 Å². The second-order valence-electron chi connectivity index (χ2n) is 9.78. The van der Waals surface area contributed by atoms with Gasteiger partial charge in [-0.1, -0.05) is 61.9 Å². The van der Waals surface area contributed by atoms with Crippen LogP contribution in [0.25, 0.3) is 0 Å². The maximum Gasteiger partial charge on any atom is 0.242 e. The maximum atomic E-state index is 13.8. The lowest BCUT2D eigenvalue weighted by molar-refractivity contribution is -0.143. The summed E-state index contributed by atoms with van der Waals surface area (Å²) in [6.45, 7) is 4.04. The standard InChI is InChI=1S/C28H36Cl2N2O3S/c1-2-3-4-5-6-9-26(33)31(18-21-8-7-15-35-21)19-27(34)32-14-12-25-23(13-16-36-25)28(32)22-11-10-20(29)17-24(22)30/h10-11,13,16-17,21,28H,2-9,12,14-15,18-19H2,1H3. The van der Waals surface area contributed by atoms with Crippen molar-refractivity contribution in [2.24, 2.45) is 0 Å². The molecule has 0 radical (unpaired) electrons. The third kappa shape index (κ3) is 6.83. The van der Waals surface area contributed by atoms with Crippen molar-refractivity contribution in [2.75, 3.05) is 26.2 Å². The highest BCUT2D eigenvalue weighted by atomic mass is 35.5. The molecule has 196 valence electrons. The number of halogens is 2. The smallest absolute Gasteiger partial charge is 0.242 e. The number of rotatable bonds is 11. The topological polar surface area (TPSA) is 49.9 Å². The molecule has 0 bridgehead atoms. The van der Waals surface area contributed by atoms with Crippen LogP contribution in [0.2, 0.25) is 10.0 Å². The third-order valence-corrected chi connectivity index (χ3v) is 8.72. The molecular formula is C28H36Cl2N2O3S. The summed E-state index contributed by atoms with van der Waals surface area (Å²) in [5.41, 5.74) is 1.97. The molecule has 5 nitrogen and oxygen atoms in total. The van der Waals surface area contributed by atoms with Crippen molar-refractivity contribution in [3.63, 3.8) is 0 Å². The fraction of sp³-hybridized carbons (Fsp3) is 0.571. The minimum absolute atomic E-state index is 0.00757. The summed E-state index contributed by atoms with van der Waals surface area (Å²) < 4.78 is 5.82. The Balaban J connectivity index is 1.52. The summed E-state index contributed by atoms with van der Waals surface area (Å²) in [5.74, 6) is -0.00940. The summed E-state index contributed by atoms with van der Waals surface area (Å²) in [4.78, 5) is 32.0. The Kier molecular flexibility index (Phi) is 10.1. The van der Waals surface area contributed by atoms with Gasteiger partial charge >= 0.3 is 0 Å². The van der Waals surface area contributed by atoms with Crippen molar-refractivity contribution < 1.29 is 14.3 Å². The lowest BCUT2D eigenvalue weighted by Crippen LogP contribution is -2.48. The fourth-order valence-corrected chi connectivity index (χ4v) is 6.64. The average molecular weight is 552 g/mol. The van der Waals surface area contributed by atoms with Crippen LogP contribution in [0, 0.1) is 0 Å². The molecule has 2 amide bonds. The van der Waals surface area contributed by atoms with Gasteiger partial charge in [-0.2, -0.15) is 0 Å². The van der Waals surface area contributed by atoms with Crippen molar-refractivity contribution in [1.29, 1.82) is 0 Å². The second kappa shape index (κ2) is 13.3. The van der Waals surface area contributed by atoms with Gasteiger partial charge in [0.25, 0.3) is 0 Å². The molecule has 0 saturated carbocycles. The highest BCUT2D eigenvalue weighted by Crippen LogP contribution is 2.41. The van der Waals surface area contributed by atoms with E-state index in [4.69, 9.17) is 27.9 Å². The zero-order valence-electron chi connectivity index (χ0n) is 21.0. The normalized spacial score (nSPS) is 19.4. The Bertz CT molecular complexity index is 1040. The van der Waals surface area contributed by atoms with E-state index in [2.05, 4.69) is 18.4 Å². The van der Waals surface area contributed by atoms with E-state index in [-0.39, 0.29) is 30.5 Å². The number of fused-ring (bicyclic) bond motifs is 1. The highest BCUT2D eigenvalue weighted by molar-refractivity contribution is 7.10. The van der Waals surface area contributed by atoms with Crippen LogP contribution in [-0.2, 0) is 20.7 Å². The molecule has 2 aromatic rings. The van der Waals surface area contributed by atoms with Crippen LogP contribution in [-0.4, -0.2) is 54.0 Å². The van der Waals surface area contributed by atoms with Crippen LogP contribution in [0.5, 0.6) is 0 Å². The number of hydrogen-bond donors (Lipinski definition) is 0. The van der Waals surface area contributed by atoms with Crippen molar-refractivity contribution in [3.8, 4) is 0 Å². The monoisotopic (exact) mass is 550 g/mol. The number of ether oxygens (including phenoxy) is 1. The largest absolute Gasteiger partial charge is 0.376 e. The molecule has 36 heavy (non-hydrogen) atoms. The number of carbonyl (C=O) groups excluding carboxylic acids is 2. The summed E-state index contributed by atoms with van der Waals surface area (Å²) in [6, 6.07) is 7.26. The van der Waals surface area contributed by atoms with Gasteiger partial charge in [-0.3, -0.25) is 9.59 Å². The minimum atomic E-state index is -0.286. The number of benzene rings is 1. The molecule has 2 aliphatic heterocycles. The van der Waals surface area contributed by atoms with Crippen LogP contribution in [0.1, 0.15) is 80.3 Å². The molecule has 8 heteroatoms. The van der Waals surface area contributed by atoms with E-state index in [1.54, 1.807) is 22.3 Å². The molecule has 4 rings (SSSR count). The molecule has 1 aromatic heterocycles. The summed E-state index contributed by atoms with van der Waals surface area (Å²) in [5, 5.41) is 3.18. The van der Waals surface area contributed by atoms with Gasteiger partial charge in [-0.05, 0) is 60.4 Å². The Morgan fingerprint density at radius 2 is 1.97 bits per heavy atom. The average Bonchev–Trinajstić information content (AvgIpc) is 3.55. The Labute approximate surface area is 228 Å². The number of thiophene rings is 1. The summed E-state index contributed by atoms with van der Waals surface area (Å²) >= 11 is 14.5. The molecule has 3 heterocycles.